The molecule has 264 valence electrons. The molecule has 0 aliphatic heterocycles. The van der Waals surface area contributed by atoms with Crippen LogP contribution < -0.4 is 4.90 Å². The van der Waals surface area contributed by atoms with Gasteiger partial charge in [0.2, 0.25) is 0 Å². The number of hydrogen-bond acceptors (Lipinski definition) is 1. The number of aromatic nitrogens is 1. The van der Waals surface area contributed by atoms with Crippen LogP contribution in [0.4, 0.5) is 17.1 Å². The molecule has 10 rings (SSSR count). The first-order valence-corrected chi connectivity index (χ1v) is 19.2. The van der Waals surface area contributed by atoms with Crippen molar-refractivity contribution in [3.8, 4) is 50.2 Å². The Morgan fingerprint density at radius 1 is 0.250 bits per heavy atom. The van der Waals surface area contributed by atoms with E-state index in [1.165, 1.54) is 66.3 Å². The Morgan fingerprint density at radius 2 is 0.607 bits per heavy atom. The molecule has 9 aromatic carbocycles. The Hall–Kier alpha value is -7.42. The Labute approximate surface area is 327 Å². The van der Waals surface area contributed by atoms with Crippen molar-refractivity contribution in [1.29, 1.82) is 0 Å². The lowest BCUT2D eigenvalue weighted by Crippen LogP contribution is -2.10. The van der Waals surface area contributed by atoms with Crippen LogP contribution in [0.1, 0.15) is 0 Å². The highest BCUT2D eigenvalue weighted by molar-refractivity contribution is 6.09. The summed E-state index contributed by atoms with van der Waals surface area (Å²) in [6.45, 7) is 0. The Kier molecular flexibility index (Phi) is 8.55. The highest BCUT2D eigenvalue weighted by Gasteiger charge is 2.16. The number of benzene rings is 9. The van der Waals surface area contributed by atoms with Crippen molar-refractivity contribution in [2.75, 3.05) is 4.90 Å². The summed E-state index contributed by atoms with van der Waals surface area (Å²) in [5, 5.41) is 2.52. The van der Waals surface area contributed by atoms with Crippen LogP contribution in [-0.2, 0) is 0 Å². The zero-order valence-electron chi connectivity index (χ0n) is 30.8. The molecule has 0 amide bonds. The van der Waals surface area contributed by atoms with Crippen molar-refractivity contribution in [2.45, 2.75) is 0 Å². The van der Waals surface area contributed by atoms with Crippen molar-refractivity contribution in [1.82, 2.24) is 4.57 Å². The lowest BCUT2D eigenvalue weighted by atomic mass is 9.99. The third-order valence-electron chi connectivity index (χ3n) is 10.8. The maximum absolute atomic E-state index is 2.37. The summed E-state index contributed by atoms with van der Waals surface area (Å²) in [5.74, 6) is 0. The van der Waals surface area contributed by atoms with Crippen LogP contribution in [0, 0.1) is 0 Å². The molecule has 0 saturated carbocycles. The third-order valence-corrected chi connectivity index (χ3v) is 10.8. The minimum Gasteiger partial charge on any atom is -0.310 e. The first-order chi connectivity index (χ1) is 27.8. The number of rotatable bonds is 8. The van der Waals surface area contributed by atoms with E-state index in [1.807, 2.05) is 0 Å². The highest BCUT2D eigenvalue weighted by Crippen LogP contribution is 2.39. The summed E-state index contributed by atoms with van der Waals surface area (Å²) >= 11 is 0. The van der Waals surface area contributed by atoms with Crippen molar-refractivity contribution < 1.29 is 0 Å². The summed E-state index contributed by atoms with van der Waals surface area (Å²) < 4.78 is 2.37. The average Bonchev–Trinajstić information content (AvgIpc) is 3.62. The molecule has 0 saturated heterocycles. The second-order valence-electron chi connectivity index (χ2n) is 14.2. The number of nitrogens with zero attached hydrogens (tertiary/aromatic N) is 2. The van der Waals surface area contributed by atoms with Gasteiger partial charge in [-0.2, -0.15) is 0 Å². The van der Waals surface area contributed by atoms with Crippen molar-refractivity contribution >= 4 is 38.9 Å². The van der Waals surface area contributed by atoms with Crippen molar-refractivity contribution in [2.24, 2.45) is 0 Å². The van der Waals surface area contributed by atoms with E-state index in [0.29, 0.717) is 0 Å². The molecule has 0 aliphatic rings. The van der Waals surface area contributed by atoms with Gasteiger partial charge in [-0.25, -0.2) is 0 Å². The molecule has 10 aromatic rings. The first-order valence-electron chi connectivity index (χ1n) is 19.2. The highest BCUT2D eigenvalue weighted by atomic mass is 15.1. The SMILES string of the molecule is c1ccc(-c2ccc(-c3ccc(N(c4ccc(-n5c6ccccc6c6ccccc65)cc4)c4cccc(-c5ccc(-c6ccccc6)cc5)c4)cc3)cc2)cc1. The lowest BCUT2D eigenvalue weighted by molar-refractivity contribution is 1.17. The molecular formula is C54H38N2. The first kappa shape index (κ1) is 33.2. The molecule has 0 unspecified atom stereocenters. The van der Waals surface area contributed by atoms with E-state index in [0.717, 1.165) is 22.7 Å². The summed E-state index contributed by atoms with van der Waals surface area (Å²) in [5.41, 5.74) is 16.4. The molecule has 0 fully saturated rings. The van der Waals surface area contributed by atoms with Gasteiger partial charge in [-0.05, 0) is 105 Å². The van der Waals surface area contributed by atoms with E-state index >= 15 is 0 Å². The third kappa shape index (κ3) is 6.24. The number of fused-ring (bicyclic) bond motifs is 3. The van der Waals surface area contributed by atoms with Gasteiger partial charge in [-0.1, -0.05) is 170 Å². The van der Waals surface area contributed by atoms with Crippen LogP contribution in [0.2, 0.25) is 0 Å². The van der Waals surface area contributed by atoms with Gasteiger partial charge in [0, 0.05) is 33.5 Å². The zero-order chi connectivity index (χ0) is 37.3. The van der Waals surface area contributed by atoms with Gasteiger partial charge in [-0.15, -0.1) is 0 Å². The molecule has 1 aromatic heterocycles. The van der Waals surface area contributed by atoms with E-state index in [9.17, 15) is 0 Å². The summed E-state index contributed by atoms with van der Waals surface area (Å²) in [6.07, 6.45) is 0. The Bertz CT molecular complexity index is 2850. The van der Waals surface area contributed by atoms with Gasteiger partial charge in [0.15, 0.2) is 0 Å². The predicted molar refractivity (Wildman–Crippen MR) is 237 cm³/mol. The van der Waals surface area contributed by atoms with Crippen LogP contribution in [0.5, 0.6) is 0 Å². The van der Waals surface area contributed by atoms with Gasteiger partial charge in [0.25, 0.3) is 0 Å². The number of anilines is 3. The predicted octanol–water partition coefficient (Wildman–Crippen LogP) is 14.9. The van der Waals surface area contributed by atoms with Gasteiger partial charge in [0.05, 0.1) is 11.0 Å². The normalized spacial score (nSPS) is 11.2. The van der Waals surface area contributed by atoms with E-state index in [2.05, 4.69) is 240 Å². The van der Waals surface area contributed by atoms with Crippen LogP contribution in [0.25, 0.3) is 72.0 Å². The second-order valence-corrected chi connectivity index (χ2v) is 14.2. The Morgan fingerprint density at radius 3 is 1.09 bits per heavy atom. The van der Waals surface area contributed by atoms with Crippen molar-refractivity contribution in [3.63, 3.8) is 0 Å². The Balaban J connectivity index is 1.03. The maximum atomic E-state index is 2.37. The minimum atomic E-state index is 1.09. The smallest absolute Gasteiger partial charge is 0.0541 e. The summed E-state index contributed by atoms with van der Waals surface area (Å²) in [7, 11) is 0. The molecule has 0 spiro atoms. The monoisotopic (exact) mass is 714 g/mol. The standard InChI is InChI=1S/C54H38N2/c1-3-12-39(13-4-1)41-22-24-43(25-23-41)44-30-32-47(33-31-44)55(50-17-11-16-46(38-50)45-28-26-42(27-29-45)40-14-5-2-6-15-40)48-34-36-49(37-35-48)56-53-20-9-7-18-51(53)52-19-8-10-21-54(52)56/h1-38H. The lowest BCUT2D eigenvalue weighted by Gasteiger charge is -2.26. The van der Waals surface area contributed by atoms with Crippen LogP contribution in [0.3, 0.4) is 0 Å². The fourth-order valence-electron chi connectivity index (χ4n) is 8.00. The zero-order valence-corrected chi connectivity index (χ0v) is 30.8. The van der Waals surface area contributed by atoms with Crippen LogP contribution >= 0.6 is 0 Å². The summed E-state index contributed by atoms with van der Waals surface area (Å²) in [6, 6.07) is 83.0. The molecular weight excluding hydrogens is 677 g/mol. The second kappa shape index (κ2) is 14.4. The number of para-hydroxylation sites is 2. The molecule has 0 N–H and O–H groups in total. The van der Waals surface area contributed by atoms with E-state index in [-0.39, 0.29) is 0 Å². The van der Waals surface area contributed by atoms with E-state index in [1.54, 1.807) is 0 Å². The quantitative estimate of drug-likeness (QED) is 0.152. The van der Waals surface area contributed by atoms with Gasteiger partial charge >= 0.3 is 0 Å². The van der Waals surface area contributed by atoms with Crippen LogP contribution in [0.15, 0.2) is 231 Å². The fourth-order valence-corrected chi connectivity index (χ4v) is 8.00. The average molecular weight is 715 g/mol. The van der Waals surface area contributed by atoms with Crippen molar-refractivity contribution in [3.05, 3.63) is 231 Å². The molecule has 0 aliphatic carbocycles. The van der Waals surface area contributed by atoms with Crippen LogP contribution in [-0.4, -0.2) is 4.57 Å². The molecule has 0 atom stereocenters. The molecule has 56 heavy (non-hydrogen) atoms. The molecule has 2 heteroatoms. The molecule has 0 radical (unpaired) electrons. The van der Waals surface area contributed by atoms with Gasteiger partial charge in [0.1, 0.15) is 0 Å². The largest absolute Gasteiger partial charge is 0.310 e. The van der Waals surface area contributed by atoms with Gasteiger partial charge < -0.3 is 9.47 Å². The maximum Gasteiger partial charge on any atom is 0.0541 e. The topological polar surface area (TPSA) is 8.17 Å². The molecule has 1 heterocycles. The van der Waals surface area contributed by atoms with E-state index < -0.39 is 0 Å². The van der Waals surface area contributed by atoms with Gasteiger partial charge in [-0.3, -0.25) is 0 Å². The fraction of sp³-hybridized carbons (Fsp3) is 0. The molecule has 0 bridgehead atoms. The molecule has 2 nitrogen and oxygen atoms in total. The van der Waals surface area contributed by atoms with E-state index in [4.69, 9.17) is 0 Å². The number of hydrogen-bond donors (Lipinski definition) is 0. The minimum absolute atomic E-state index is 1.09. The summed E-state index contributed by atoms with van der Waals surface area (Å²) in [4.78, 5) is 2.36.